The summed E-state index contributed by atoms with van der Waals surface area (Å²) in [4.78, 5) is 28.1. The zero-order valence-corrected chi connectivity index (χ0v) is 14.8. The predicted molar refractivity (Wildman–Crippen MR) is 98.2 cm³/mol. The molecule has 26 heavy (non-hydrogen) atoms. The molecule has 3 rings (SSSR count). The van der Waals surface area contributed by atoms with Crippen LogP contribution in [-0.4, -0.2) is 43.6 Å². The van der Waals surface area contributed by atoms with Crippen LogP contribution in [0.15, 0.2) is 54.6 Å². The van der Waals surface area contributed by atoms with Crippen LogP contribution in [0, 0.1) is 0 Å². The fraction of sp³-hybridized carbons (Fsp3) is 0.300. The minimum atomic E-state index is -0.210. The summed E-state index contributed by atoms with van der Waals surface area (Å²) in [7, 11) is 1.59. The molecule has 0 radical (unpaired) electrons. The normalized spacial score (nSPS) is 13.6. The van der Waals surface area contributed by atoms with Crippen molar-refractivity contribution in [2.45, 2.75) is 12.8 Å². The van der Waals surface area contributed by atoms with Gasteiger partial charge in [0.15, 0.2) is 6.61 Å². The Hall–Kier alpha value is -3.02. The summed E-state index contributed by atoms with van der Waals surface area (Å²) in [5.41, 5.74) is 0.701. The first-order valence-electron chi connectivity index (χ1n) is 8.57. The average Bonchev–Trinajstić information content (AvgIpc) is 3.10. The molecular weight excluding hydrogens is 332 g/mol. The molecule has 0 unspecified atom stereocenters. The highest BCUT2D eigenvalue weighted by Crippen LogP contribution is 2.21. The molecule has 0 bridgehead atoms. The Morgan fingerprint density at radius 3 is 2.42 bits per heavy atom. The van der Waals surface area contributed by atoms with Crippen LogP contribution in [0.5, 0.6) is 11.5 Å². The van der Waals surface area contributed by atoms with Gasteiger partial charge in [-0.2, -0.15) is 0 Å². The van der Waals surface area contributed by atoms with Crippen LogP contribution in [0.4, 0.5) is 5.69 Å². The van der Waals surface area contributed by atoms with Gasteiger partial charge in [0.1, 0.15) is 18.2 Å². The van der Waals surface area contributed by atoms with E-state index >= 15 is 0 Å². The molecule has 0 saturated carbocycles. The highest BCUT2D eigenvalue weighted by molar-refractivity contribution is 5.95. The Morgan fingerprint density at radius 2 is 1.81 bits per heavy atom. The van der Waals surface area contributed by atoms with E-state index in [9.17, 15) is 9.59 Å². The van der Waals surface area contributed by atoms with Crippen LogP contribution in [-0.2, 0) is 9.59 Å². The predicted octanol–water partition coefficient (Wildman–Crippen LogP) is 2.69. The molecule has 1 aliphatic rings. The van der Waals surface area contributed by atoms with Gasteiger partial charge in [-0.1, -0.05) is 18.2 Å². The summed E-state index contributed by atoms with van der Waals surface area (Å²) in [6, 6.07) is 16.4. The smallest absolute Gasteiger partial charge is 0.266 e. The first-order valence-corrected chi connectivity index (χ1v) is 8.57. The molecule has 2 amide bonds. The van der Waals surface area contributed by atoms with E-state index in [-0.39, 0.29) is 25.1 Å². The number of carbonyl (C=O) groups excluding carboxylic acids is 2. The van der Waals surface area contributed by atoms with Gasteiger partial charge in [0.2, 0.25) is 5.91 Å². The maximum Gasteiger partial charge on any atom is 0.266 e. The number of hydrogen-bond donors (Lipinski definition) is 0. The van der Waals surface area contributed by atoms with Crippen molar-refractivity contribution >= 4 is 17.5 Å². The van der Waals surface area contributed by atoms with Crippen molar-refractivity contribution in [2.75, 3.05) is 31.8 Å². The molecule has 2 aromatic rings. The summed E-state index contributed by atoms with van der Waals surface area (Å²) in [5, 5.41) is 0. The lowest BCUT2D eigenvalue weighted by molar-refractivity contribution is -0.128. The van der Waals surface area contributed by atoms with Gasteiger partial charge >= 0.3 is 0 Å². The van der Waals surface area contributed by atoms with Gasteiger partial charge in [0.05, 0.1) is 7.11 Å². The average molecular weight is 354 g/mol. The van der Waals surface area contributed by atoms with Gasteiger partial charge in [-0.05, 0) is 42.8 Å². The number of nitrogens with zero attached hydrogens (tertiary/aromatic N) is 2. The fourth-order valence-electron chi connectivity index (χ4n) is 2.83. The number of rotatable bonds is 7. The van der Waals surface area contributed by atoms with Gasteiger partial charge in [-0.3, -0.25) is 14.5 Å². The molecule has 0 atom stereocenters. The number of carbonyl (C=O) groups is 2. The third-order valence-corrected chi connectivity index (χ3v) is 4.27. The number of benzene rings is 2. The minimum absolute atomic E-state index is 0.0697. The van der Waals surface area contributed by atoms with Crippen LogP contribution in [0.25, 0.3) is 0 Å². The van der Waals surface area contributed by atoms with Crippen molar-refractivity contribution in [1.29, 1.82) is 0 Å². The van der Waals surface area contributed by atoms with Crippen molar-refractivity contribution in [3.8, 4) is 11.5 Å². The van der Waals surface area contributed by atoms with Crippen LogP contribution in [0.3, 0.4) is 0 Å². The molecule has 1 fully saturated rings. The maximum atomic E-state index is 12.8. The Bertz CT molecular complexity index is 746. The van der Waals surface area contributed by atoms with Crippen molar-refractivity contribution in [2.24, 2.45) is 0 Å². The number of para-hydroxylation sites is 1. The van der Waals surface area contributed by atoms with Crippen molar-refractivity contribution < 1.29 is 19.1 Å². The van der Waals surface area contributed by atoms with Gasteiger partial charge in [-0.25, -0.2) is 0 Å². The summed E-state index contributed by atoms with van der Waals surface area (Å²) < 4.78 is 10.8. The van der Waals surface area contributed by atoms with Gasteiger partial charge < -0.3 is 14.4 Å². The second kappa shape index (κ2) is 8.38. The Kier molecular flexibility index (Phi) is 5.73. The lowest BCUT2D eigenvalue weighted by Gasteiger charge is -2.28. The van der Waals surface area contributed by atoms with Crippen molar-refractivity contribution in [1.82, 2.24) is 4.90 Å². The topological polar surface area (TPSA) is 59.1 Å². The first-order chi connectivity index (χ1) is 12.7. The van der Waals surface area contributed by atoms with Crippen molar-refractivity contribution in [3.63, 3.8) is 0 Å². The number of hydrogen-bond acceptors (Lipinski definition) is 4. The third kappa shape index (κ3) is 4.33. The Balaban J connectivity index is 1.74. The van der Waals surface area contributed by atoms with Crippen LogP contribution < -0.4 is 14.4 Å². The van der Waals surface area contributed by atoms with Crippen LogP contribution >= 0.6 is 0 Å². The van der Waals surface area contributed by atoms with Gasteiger partial charge in [0.25, 0.3) is 5.91 Å². The molecule has 1 aliphatic heterocycles. The first kappa shape index (κ1) is 17.8. The number of likely N-dealkylation sites (tertiary alicyclic amines) is 1. The summed E-state index contributed by atoms with van der Waals surface area (Å²) in [6.45, 7) is 0.790. The van der Waals surface area contributed by atoms with Gasteiger partial charge in [-0.15, -0.1) is 0 Å². The second-order valence-electron chi connectivity index (χ2n) is 6.02. The van der Waals surface area contributed by atoms with E-state index in [0.717, 1.165) is 6.42 Å². The molecule has 2 aromatic carbocycles. The quantitative estimate of drug-likeness (QED) is 0.767. The summed E-state index contributed by atoms with van der Waals surface area (Å²) >= 11 is 0. The monoisotopic (exact) mass is 354 g/mol. The van der Waals surface area contributed by atoms with E-state index in [1.54, 1.807) is 53.3 Å². The molecular formula is C20H22N2O4. The standard InChI is InChI=1S/C20H22N2O4/c1-25-17-11-9-16(10-12-17)22(15-21-13-5-8-19(21)23)20(24)14-26-18-6-3-2-4-7-18/h2-4,6-7,9-12H,5,8,13-15H2,1H3. The number of methoxy groups -OCH3 is 1. The molecule has 6 nitrogen and oxygen atoms in total. The number of amides is 2. The van der Waals surface area contributed by atoms with Gasteiger partial charge in [0, 0.05) is 18.7 Å². The minimum Gasteiger partial charge on any atom is -0.497 e. The van der Waals surface area contributed by atoms with E-state index in [0.29, 0.717) is 30.2 Å². The number of anilines is 1. The Labute approximate surface area is 152 Å². The number of ether oxygens (including phenoxy) is 2. The molecule has 1 saturated heterocycles. The molecule has 0 aromatic heterocycles. The molecule has 136 valence electrons. The SMILES string of the molecule is COc1ccc(N(CN2CCCC2=O)C(=O)COc2ccccc2)cc1. The zero-order chi connectivity index (χ0) is 18.4. The lowest BCUT2D eigenvalue weighted by atomic mass is 10.2. The fourth-order valence-corrected chi connectivity index (χ4v) is 2.83. The zero-order valence-electron chi connectivity index (χ0n) is 14.8. The second-order valence-corrected chi connectivity index (χ2v) is 6.02. The molecule has 6 heteroatoms. The summed E-state index contributed by atoms with van der Waals surface area (Å²) in [6.07, 6.45) is 1.36. The Morgan fingerprint density at radius 1 is 1.08 bits per heavy atom. The highest BCUT2D eigenvalue weighted by Gasteiger charge is 2.26. The van der Waals surface area contributed by atoms with E-state index < -0.39 is 0 Å². The van der Waals surface area contributed by atoms with Crippen LogP contribution in [0.2, 0.25) is 0 Å². The molecule has 0 spiro atoms. The van der Waals surface area contributed by atoms with Crippen LogP contribution in [0.1, 0.15) is 12.8 Å². The van der Waals surface area contributed by atoms with E-state index in [2.05, 4.69) is 0 Å². The van der Waals surface area contributed by atoms with Crippen molar-refractivity contribution in [3.05, 3.63) is 54.6 Å². The van der Waals surface area contributed by atoms with E-state index in [1.807, 2.05) is 18.2 Å². The molecule has 0 aliphatic carbocycles. The lowest BCUT2D eigenvalue weighted by Crippen LogP contribution is -2.44. The molecule has 0 N–H and O–H groups in total. The van der Waals surface area contributed by atoms with E-state index in [1.165, 1.54) is 0 Å². The summed E-state index contributed by atoms with van der Waals surface area (Å²) in [5.74, 6) is 1.20. The third-order valence-electron chi connectivity index (χ3n) is 4.27. The maximum absolute atomic E-state index is 12.8. The van der Waals surface area contributed by atoms with E-state index in [4.69, 9.17) is 9.47 Å². The highest BCUT2D eigenvalue weighted by atomic mass is 16.5. The largest absolute Gasteiger partial charge is 0.497 e. The molecule has 1 heterocycles.